The van der Waals surface area contributed by atoms with Crippen molar-refractivity contribution in [2.24, 2.45) is 11.8 Å². The molecule has 2 aliphatic rings. The van der Waals surface area contributed by atoms with Gasteiger partial charge < -0.3 is 15.3 Å². The third-order valence-corrected chi connectivity index (χ3v) is 4.47. The molecule has 2 atom stereocenters. The summed E-state index contributed by atoms with van der Waals surface area (Å²) in [5.41, 5.74) is 0. The van der Waals surface area contributed by atoms with Crippen molar-refractivity contribution in [2.75, 3.05) is 19.6 Å². The van der Waals surface area contributed by atoms with E-state index < -0.39 is 17.8 Å². The molecule has 0 saturated carbocycles. The number of nitrogens with one attached hydrogen (secondary N) is 1. The van der Waals surface area contributed by atoms with Crippen LogP contribution in [-0.4, -0.2) is 47.6 Å². The predicted octanol–water partition coefficient (Wildman–Crippen LogP) is 1.25. The first-order valence-corrected chi connectivity index (χ1v) is 7.52. The number of carboxylic acids is 1. The number of amides is 1. The first kappa shape index (κ1) is 15.0. The lowest BCUT2D eigenvalue weighted by Crippen LogP contribution is -2.48. The summed E-state index contributed by atoms with van der Waals surface area (Å²) in [6, 6.07) is 0.200. The predicted molar refractivity (Wildman–Crippen MR) is 76.3 cm³/mol. The van der Waals surface area contributed by atoms with Crippen molar-refractivity contribution < 1.29 is 14.7 Å². The summed E-state index contributed by atoms with van der Waals surface area (Å²) >= 11 is 0. The average molecular weight is 280 g/mol. The van der Waals surface area contributed by atoms with Crippen LogP contribution in [0.15, 0.2) is 12.2 Å². The van der Waals surface area contributed by atoms with Crippen LogP contribution in [0.4, 0.5) is 0 Å². The molecule has 0 aromatic heterocycles. The topological polar surface area (TPSA) is 69.6 Å². The van der Waals surface area contributed by atoms with E-state index in [2.05, 4.69) is 17.1 Å². The van der Waals surface area contributed by atoms with Gasteiger partial charge in [-0.15, -0.1) is 0 Å². The van der Waals surface area contributed by atoms with E-state index in [1.807, 2.05) is 12.2 Å². The summed E-state index contributed by atoms with van der Waals surface area (Å²) in [7, 11) is 0. The van der Waals surface area contributed by atoms with Gasteiger partial charge >= 0.3 is 5.97 Å². The van der Waals surface area contributed by atoms with Gasteiger partial charge in [0.1, 0.15) is 0 Å². The molecule has 5 heteroatoms. The molecule has 1 saturated heterocycles. The van der Waals surface area contributed by atoms with E-state index in [0.717, 1.165) is 32.5 Å². The molecular formula is C15H24N2O3. The summed E-state index contributed by atoms with van der Waals surface area (Å²) in [6.45, 7) is 5.21. The maximum absolute atomic E-state index is 12.3. The van der Waals surface area contributed by atoms with E-state index in [1.165, 1.54) is 0 Å². The molecule has 1 aliphatic carbocycles. The van der Waals surface area contributed by atoms with Crippen LogP contribution in [0.2, 0.25) is 0 Å². The van der Waals surface area contributed by atoms with Crippen molar-refractivity contribution in [3.8, 4) is 0 Å². The highest BCUT2D eigenvalue weighted by Gasteiger charge is 2.35. The van der Waals surface area contributed by atoms with Crippen LogP contribution in [0.3, 0.4) is 0 Å². The van der Waals surface area contributed by atoms with Gasteiger partial charge in [0.2, 0.25) is 5.91 Å². The van der Waals surface area contributed by atoms with E-state index in [4.69, 9.17) is 0 Å². The van der Waals surface area contributed by atoms with Gasteiger partial charge in [0.25, 0.3) is 0 Å². The molecule has 0 aromatic rings. The lowest BCUT2D eigenvalue weighted by Gasteiger charge is -2.33. The van der Waals surface area contributed by atoms with Gasteiger partial charge in [0.05, 0.1) is 11.8 Å². The number of carboxylic acid groups (broad SMARTS) is 1. The molecule has 1 fully saturated rings. The standard InChI is InChI=1S/C15H24N2O3/c1-2-17-9-7-11(8-10-17)16-14(18)12-5-3-4-6-13(12)15(19)20/h3-4,11-13H,2,5-10H2,1H3,(H,16,18)(H,19,20)/t12-,13-/m0/s1. The summed E-state index contributed by atoms with van der Waals surface area (Å²) in [6.07, 6.45) is 6.70. The Bertz CT molecular complexity index is 387. The molecule has 0 aromatic carbocycles. The van der Waals surface area contributed by atoms with Gasteiger partial charge in [0, 0.05) is 19.1 Å². The van der Waals surface area contributed by atoms with Crippen molar-refractivity contribution in [3.63, 3.8) is 0 Å². The number of aliphatic carboxylic acids is 1. The molecule has 2 rings (SSSR count). The fraction of sp³-hybridized carbons (Fsp3) is 0.733. The molecule has 5 nitrogen and oxygen atoms in total. The molecule has 112 valence electrons. The summed E-state index contributed by atoms with van der Waals surface area (Å²) < 4.78 is 0. The quantitative estimate of drug-likeness (QED) is 0.761. The Morgan fingerprint density at radius 1 is 1.20 bits per heavy atom. The lowest BCUT2D eigenvalue weighted by atomic mass is 9.82. The Morgan fingerprint density at radius 3 is 2.35 bits per heavy atom. The SMILES string of the molecule is CCN1CCC(NC(=O)[C@H]2CC=CC[C@@H]2C(=O)O)CC1. The number of hydrogen-bond donors (Lipinski definition) is 2. The number of carbonyl (C=O) groups excluding carboxylic acids is 1. The molecular weight excluding hydrogens is 256 g/mol. The fourth-order valence-corrected chi connectivity index (χ4v) is 3.08. The number of carbonyl (C=O) groups is 2. The van der Waals surface area contributed by atoms with Crippen molar-refractivity contribution in [3.05, 3.63) is 12.2 Å². The fourth-order valence-electron chi connectivity index (χ4n) is 3.08. The molecule has 1 aliphatic heterocycles. The van der Waals surface area contributed by atoms with Crippen LogP contribution in [0.25, 0.3) is 0 Å². The maximum Gasteiger partial charge on any atom is 0.307 e. The van der Waals surface area contributed by atoms with Gasteiger partial charge in [-0.2, -0.15) is 0 Å². The lowest BCUT2D eigenvalue weighted by molar-refractivity contribution is -0.147. The monoisotopic (exact) mass is 280 g/mol. The first-order chi connectivity index (χ1) is 9.61. The van der Waals surface area contributed by atoms with Crippen molar-refractivity contribution in [1.82, 2.24) is 10.2 Å². The van der Waals surface area contributed by atoms with Crippen LogP contribution in [0.1, 0.15) is 32.6 Å². The summed E-state index contributed by atoms with van der Waals surface area (Å²) in [4.78, 5) is 25.9. The second kappa shape index (κ2) is 6.88. The highest BCUT2D eigenvalue weighted by Crippen LogP contribution is 2.26. The molecule has 0 radical (unpaired) electrons. The number of likely N-dealkylation sites (tertiary alicyclic amines) is 1. The second-order valence-corrected chi connectivity index (χ2v) is 5.71. The van der Waals surface area contributed by atoms with Gasteiger partial charge in [-0.3, -0.25) is 9.59 Å². The van der Waals surface area contributed by atoms with Crippen LogP contribution in [-0.2, 0) is 9.59 Å². The Hall–Kier alpha value is -1.36. The largest absolute Gasteiger partial charge is 0.481 e. The van der Waals surface area contributed by atoms with Crippen LogP contribution < -0.4 is 5.32 Å². The van der Waals surface area contributed by atoms with Gasteiger partial charge in [-0.1, -0.05) is 19.1 Å². The van der Waals surface area contributed by atoms with E-state index >= 15 is 0 Å². The van der Waals surface area contributed by atoms with E-state index in [0.29, 0.717) is 12.8 Å². The number of piperidine rings is 1. The first-order valence-electron chi connectivity index (χ1n) is 7.52. The minimum absolute atomic E-state index is 0.0864. The van der Waals surface area contributed by atoms with Crippen LogP contribution in [0.5, 0.6) is 0 Å². The van der Waals surface area contributed by atoms with Gasteiger partial charge in [-0.05, 0) is 32.2 Å². The summed E-state index contributed by atoms with van der Waals surface area (Å²) in [5, 5.41) is 12.3. The zero-order valence-electron chi connectivity index (χ0n) is 12.0. The Balaban J connectivity index is 1.88. The normalized spacial score (nSPS) is 28.2. The molecule has 0 unspecified atom stereocenters. The minimum Gasteiger partial charge on any atom is -0.481 e. The molecule has 2 N–H and O–H groups in total. The number of rotatable bonds is 4. The molecule has 0 spiro atoms. The Labute approximate surface area is 120 Å². The van der Waals surface area contributed by atoms with Crippen molar-refractivity contribution in [2.45, 2.75) is 38.6 Å². The Morgan fingerprint density at radius 2 is 1.80 bits per heavy atom. The third-order valence-electron chi connectivity index (χ3n) is 4.47. The van der Waals surface area contributed by atoms with E-state index in [9.17, 15) is 14.7 Å². The number of allylic oxidation sites excluding steroid dienone is 2. The van der Waals surface area contributed by atoms with E-state index in [1.54, 1.807) is 0 Å². The molecule has 20 heavy (non-hydrogen) atoms. The number of nitrogens with zero attached hydrogens (tertiary/aromatic N) is 1. The van der Waals surface area contributed by atoms with Crippen molar-refractivity contribution in [1.29, 1.82) is 0 Å². The minimum atomic E-state index is -0.865. The zero-order chi connectivity index (χ0) is 14.5. The van der Waals surface area contributed by atoms with E-state index in [-0.39, 0.29) is 11.9 Å². The summed E-state index contributed by atoms with van der Waals surface area (Å²) in [5.74, 6) is -1.94. The molecule has 1 heterocycles. The molecule has 1 amide bonds. The highest BCUT2D eigenvalue weighted by molar-refractivity contribution is 5.85. The second-order valence-electron chi connectivity index (χ2n) is 5.71. The molecule has 0 bridgehead atoms. The van der Waals surface area contributed by atoms with Crippen LogP contribution in [0, 0.1) is 11.8 Å². The van der Waals surface area contributed by atoms with Gasteiger partial charge in [0.15, 0.2) is 0 Å². The Kier molecular flexibility index (Phi) is 5.17. The average Bonchev–Trinajstić information content (AvgIpc) is 2.48. The smallest absolute Gasteiger partial charge is 0.307 e. The van der Waals surface area contributed by atoms with Crippen molar-refractivity contribution >= 4 is 11.9 Å². The highest BCUT2D eigenvalue weighted by atomic mass is 16.4. The number of hydrogen-bond acceptors (Lipinski definition) is 3. The van der Waals surface area contributed by atoms with Crippen LogP contribution >= 0.6 is 0 Å². The maximum atomic E-state index is 12.3. The third kappa shape index (κ3) is 3.60. The zero-order valence-corrected chi connectivity index (χ0v) is 12.0. The van der Waals surface area contributed by atoms with Gasteiger partial charge in [-0.25, -0.2) is 0 Å².